The summed E-state index contributed by atoms with van der Waals surface area (Å²) < 4.78 is 10.5. The molecule has 25 heavy (non-hydrogen) atoms. The summed E-state index contributed by atoms with van der Waals surface area (Å²) >= 11 is 6.09. The van der Waals surface area contributed by atoms with E-state index in [4.69, 9.17) is 21.1 Å². The van der Waals surface area contributed by atoms with Crippen molar-refractivity contribution in [1.29, 1.82) is 0 Å². The average molecular weight is 367 g/mol. The van der Waals surface area contributed by atoms with Gasteiger partial charge in [-0.25, -0.2) is 0 Å². The van der Waals surface area contributed by atoms with Crippen LogP contribution in [0.1, 0.15) is 32.1 Å². The third-order valence-corrected chi connectivity index (χ3v) is 5.32. The van der Waals surface area contributed by atoms with Crippen molar-refractivity contribution < 1.29 is 19.1 Å². The zero-order valence-electron chi connectivity index (χ0n) is 14.5. The van der Waals surface area contributed by atoms with Gasteiger partial charge in [-0.2, -0.15) is 0 Å². The van der Waals surface area contributed by atoms with E-state index in [9.17, 15) is 9.59 Å². The van der Waals surface area contributed by atoms with E-state index in [1.54, 1.807) is 12.1 Å². The van der Waals surface area contributed by atoms with E-state index in [0.29, 0.717) is 34.8 Å². The second-order valence-electron chi connectivity index (χ2n) is 6.56. The molecule has 1 unspecified atom stereocenters. The topological polar surface area (TPSA) is 67.9 Å². The van der Waals surface area contributed by atoms with Gasteiger partial charge in [0.25, 0.3) is 0 Å². The predicted octanol–water partition coefficient (Wildman–Crippen LogP) is 3.09. The van der Waals surface area contributed by atoms with Crippen LogP contribution in [0.5, 0.6) is 11.5 Å². The van der Waals surface area contributed by atoms with E-state index in [1.165, 1.54) is 14.2 Å². The van der Waals surface area contributed by atoms with Gasteiger partial charge in [0.1, 0.15) is 11.5 Å². The Hall–Kier alpha value is -1.95. The molecule has 1 aliphatic carbocycles. The Morgan fingerprint density at radius 1 is 1.20 bits per heavy atom. The number of hydrogen-bond donors (Lipinski definition) is 1. The summed E-state index contributed by atoms with van der Waals surface area (Å²) in [6, 6.07) is 3.53. The maximum atomic E-state index is 12.7. The largest absolute Gasteiger partial charge is 0.495 e. The molecule has 1 saturated carbocycles. The number of carbonyl (C=O) groups excluding carboxylic acids is 2. The van der Waals surface area contributed by atoms with E-state index < -0.39 is 0 Å². The first-order valence-corrected chi connectivity index (χ1v) is 8.93. The molecule has 3 rings (SSSR count). The van der Waals surface area contributed by atoms with E-state index in [1.807, 2.05) is 4.90 Å². The van der Waals surface area contributed by atoms with Gasteiger partial charge in [-0.1, -0.05) is 24.4 Å². The van der Waals surface area contributed by atoms with E-state index in [0.717, 1.165) is 25.7 Å². The number of nitrogens with one attached hydrogen (secondary N) is 1. The Morgan fingerprint density at radius 2 is 1.88 bits per heavy atom. The van der Waals surface area contributed by atoms with E-state index >= 15 is 0 Å². The Balaban J connectivity index is 1.71. The van der Waals surface area contributed by atoms with Crippen LogP contribution in [0.2, 0.25) is 5.02 Å². The minimum absolute atomic E-state index is 0.0766. The van der Waals surface area contributed by atoms with Crippen LogP contribution in [-0.2, 0) is 9.59 Å². The highest BCUT2D eigenvalue weighted by Crippen LogP contribution is 2.37. The lowest BCUT2D eigenvalue weighted by Crippen LogP contribution is -2.35. The number of ether oxygens (including phenoxy) is 2. The number of nitrogens with zero attached hydrogens (tertiary/aromatic N) is 1. The lowest BCUT2D eigenvalue weighted by molar-refractivity contribution is -0.129. The van der Waals surface area contributed by atoms with Crippen LogP contribution in [0.4, 0.5) is 5.69 Å². The fourth-order valence-electron chi connectivity index (χ4n) is 3.67. The van der Waals surface area contributed by atoms with Gasteiger partial charge < -0.3 is 19.7 Å². The van der Waals surface area contributed by atoms with Crippen LogP contribution in [0.3, 0.4) is 0 Å². The van der Waals surface area contributed by atoms with Crippen molar-refractivity contribution in [3.05, 3.63) is 17.2 Å². The zero-order valence-corrected chi connectivity index (χ0v) is 15.3. The molecule has 1 heterocycles. The van der Waals surface area contributed by atoms with Gasteiger partial charge in [0.15, 0.2) is 0 Å². The van der Waals surface area contributed by atoms with Crippen molar-refractivity contribution in [2.45, 2.75) is 38.1 Å². The Labute approximate surface area is 152 Å². The van der Waals surface area contributed by atoms with Crippen LogP contribution >= 0.6 is 11.6 Å². The summed E-state index contributed by atoms with van der Waals surface area (Å²) in [5, 5.41) is 3.26. The standard InChI is InChI=1S/C18H23ClN2O4/c1-24-15-9-14(16(25-2)8-13(15)19)20-18(23)11-7-17(22)21(10-11)12-5-3-4-6-12/h8-9,11-12H,3-7,10H2,1-2H3,(H,20,23). The molecule has 1 aliphatic heterocycles. The summed E-state index contributed by atoms with van der Waals surface area (Å²) in [6.07, 6.45) is 4.67. The van der Waals surface area contributed by atoms with Crippen LogP contribution < -0.4 is 14.8 Å². The molecule has 1 N–H and O–H groups in total. The molecule has 1 saturated heterocycles. The van der Waals surface area contributed by atoms with Gasteiger partial charge >= 0.3 is 0 Å². The number of carbonyl (C=O) groups is 2. The molecule has 7 heteroatoms. The van der Waals surface area contributed by atoms with Gasteiger partial charge in [0.05, 0.1) is 30.8 Å². The fourth-order valence-corrected chi connectivity index (χ4v) is 3.90. The highest BCUT2D eigenvalue weighted by atomic mass is 35.5. The quantitative estimate of drug-likeness (QED) is 0.869. The molecule has 2 amide bonds. The minimum Gasteiger partial charge on any atom is -0.495 e. The van der Waals surface area contributed by atoms with Crippen LogP contribution in [0.15, 0.2) is 12.1 Å². The van der Waals surface area contributed by atoms with Crippen molar-refractivity contribution in [1.82, 2.24) is 4.90 Å². The molecule has 136 valence electrons. The monoisotopic (exact) mass is 366 g/mol. The minimum atomic E-state index is -0.348. The molecule has 6 nitrogen and oxygen atoms in total. The van der Waals surface area contributed by atoms with Crippen LogP contribution in [0, 0.1) is 5.92 Å². The summed E-state index contributed by atoms with van der Waals surface area (Å²) in [4.78, 5) is 26.8. The molecule has 0 bridgehead atoms. The number of amides is 2. The Morgan fingerprint density at radius 3 is 2.52 bits per heavy atom. The van der Waals surface area contributed by atoms with Gasteiger partial charge in [-0.15, -0.1) is 0 Å². The molecule has 1 atom stereocenters. The smallest absolute Gasteiger partial charge is 0.229 e. The Bertz CT molecular complexity index is 673. The highest BCUT2D eigenvalue weighted by molar-refractivity contribution is 6.32. The number of methoxy groups -OCH3 is 2. The SMILES string of the molecule is COc1cc(NC(=O)C2CC(=O)N(C3CCCC3)C2)c(OC)cc1Cl. The first-order valence-electron chi connectivity index (χ1n) is 8.55. The van der Waals surface area contributed by atoms with E-state index in [2.05, 4.69) is 5.32 Å². The van der Waals surface area contributed by atoms with Crippen LogP contribution in [-0.4, -0.2) is 43.5 Å². The number of likely N-dealkylation sites (tertiary alicyclic amines) is 1. The molecule has 0 spiro atoms. The number of rotatable bonds is 5. The third kappa shape index (κ3) is 3.68. The van der Waals surface area contributed by atoms with Crippen molar-refractivity contribution >= 4 is 29.1 Å². The maximum absolute atomic E-state index is 12.7. The van der Waals surface area contributed by atoms with Gasteiger partial charge in [0.2, 0.25) is 11.8 Å². The summed E-state index contributed by atoms with van der Waals surface area (Å²) in [6.45, 7) is 0.488. The van der Waals surface area contributed by atoms with Crippen LogP contribution in [0.25, 0.3) is 0 Å². The maximum Gasteiger partial charge on any atom is 0.229 e. The predicted molar refractivity (Wildman–Crippen MR) is 95.3 cm³/mol. The normalized spacial score (nSPS) is 20.8. The molecule has 0 radical (unpaired) electrons. The number of benzene rings is 1. The first kappa shape index (κ1) is 17.9. The van der Waals surface area contributed by atoms with Crippen molar-refractivity contribution in [2.24, 2.45) is 5.92 Å². The molecule has 1 aromatic carbocycles. The molecule has 0 aromatic heterocycles. The Kier molecular flexibility index (Phi) is 5.37. The lowest BCUT2D eigenvalue weighted by Gasteiger charge is -2.24. The van der Waals surface area contributed by atoms with Crippen molar-refractivity contribution in [3.63, 3.8) is 0 Å². The average Bonchev–Trinajstić information content (AvgIpc) is 3.25. The van der Waals surface area contributed by atoms with Gasteiger partial charge in [-0.3, -0.25) is 9.59 Å². The summed E-state index contributed by atoms with van der Waals surface area (Å²) in [5.41, 5.74) is 0.487. The van der Waals surface area contributed by atoms with Crippen molar-refractivity contribution in [2.75, 3.05) is 26.1 Å². The van der Waals surface area contributed by atoms with Gasteiger partial charge in [0, 0.05) is 31.1 Å². The fraction of sp³-hybridized carbons (Fsp3) is 0.556. The zero-order chi connectivity index (χ0) is 18.0. The number of hydrogen-bond acceptors (Lipinski definition) is 4. The number of halogens is 1. The summed E-state index contributed by atoms with van der Waals surface area (Å²) in [5.74, 6) is 0.452. The second-order valence-corrected chi connectivity index (χ2v) is 6.97. The van der Waals surface area contributed by atoms with Crippen molar-refractivity contribution in [3.8, 4) is 11.5 Å². The molecular weight excluding hydrogens is 344 g/mol. The molecular formula is C18H23ClN2O4. The third-order valence-electron chi connectivity index (χ3n) is 5.03. The number of anilines is 1. The van der Waals surface area contributed by atoms with Gasteiger partial charge in [-0.05, 0) is 12.8 Å². The highest BCUT2D eigenvalue weighted by Gasteiger charge is 2.38. The lowest BCUT2D eigenvalue weighted by atomic mass is 10.1. The second kappa shape index (κ2) is 7.52. The molecule has 1 aromatic rings. The summed E-state index contributed by atoms with van der Waals surface area (Å²) in [7, 11) is 3.02. The first-order chi connectivity index (χ1) is 12.0. The molecule has 2 fully saturated rings. The molecule has 2 aliphatic rings. The van der Waals surface area contributed by atoms with E-state index in [-0.39, 0.29) is 24.2 Å².